The van der Waals surface area contributed by atoms with Crippen molar-refractivity contribution in [3.05, 3.63) is 29.3 Å². The van der Waals surface area contributed by atoms with Crippen molar-refractivity contribution in [2.24, 2.45) is 17.3 Å². The van der Waals surface area contributed by atoms with Crippen LogP contribution >= 0.6 is 12.2 Å². The predicted octanol–water partition coefficient (Wildman–Crippen LogP) is 4.34. The van der Waals surface area contributed by atoms with Crippen LogP contribution < -0.4 is 4.74 Å². The Morgan fingerprint density at radius 2 is 2.04 bits per heavy atom. The van der Waals surface area contributed by atoms with Crippen molar-refractivity contribution in [3.8, 4) is 5.75 Å². The van der Waals surface area contributed by atoms with Gasteiger partial charge in [0.1, 0.15) is 11.5 Å². The summed E-state index contributed by atoms with van der Waals surface area (Å²) in [5.74, 6) is 3.23. The Bertz CT molecular complexity index is 729. The standard InChI is InChI=1S/C21H27NO2S/c1-21-11-10-16-15-7-5-14(24-20(25)22(2)3)12-13(15)4-6-17(16)18(21)8-9-19(21)23/h5,7,12,16-18H,4,6,8-11H2,1-3H3/t16?,17?,18?,21-/m0/s1. The molecule has 4 heteroatoms. The molecule has 3 nitrogen and oxygen atoms in total. The molecule has 0 aliphatic heterocycles. The number of hydrogen-bond donors (Lipinski definition) is 0. The number of Topliss-reactive ketones (excluding diaryl/α,β-unsaturated/α-hetero) is 1. The van der Waals surface area contributed by atoms with Crippen LogP contribution in [0.3, 0.4) is 0 Å². The maximum absolute atomic E-state index is 12.4. The lowest BCUT2D eigenvalue weighted by Gasteiger charge is -2.48. The minimum atomic E-state index is -0.0420. The third kappa shape index (κ3) is 2.69. The fraction of sp³-hybridized carbons (Fsp3) is 0.619. The maximum Gasteiger partial charge on any atom is 0.264 e. The summed E-state index contributed by atoms with van der Waals surface area (Å²) in [6.45, 7) is 2.23. The second-order valence-electron chi connectivity index (χ2n) is 8.46. The first-order chi connectivity index (χ1) is 11.9. The lowest BCUT2D eigenvalue weighted by molar-refractivity contribution is -0.129. The van der Waals surface area contributed by atoms with Crippen LogP contribution in [0.15, 0.2) is 18.2 Å². The molecule has 1 aromatic carbocycles. The monoisotopic (exact) mass is 357 g/mol. The van der Waals surface area contributed by atoms with Crippen molar-refractivity contribution in [3.63, 3.8) is 0 Å². The molecule has 0 radical (unpaired) electrons. The highest BCUT2D eigenvalue weighted by Crippen LogP contribution is 2.59. The molecule has 1 aromatic rings. The molecule has 3 aliphatic carbocycles. The van der Waals surface area contributed by atoms with E-state index in [-0.39, 0.29) is 5.41 Å². The number of benzene rings is 1. The average molecular weight is 358 g/mol. The van der Waals surface area contributed by atoms with E-state index in [1.165, 1.54) is 17.5 Å². The summed E-state index contributed by atoms with van der Waals surface area (Å²) >= 11 is 5.25. The molecule has 0 heterocycles. The largest absolute Gasteiger partial charge is 0.432 e. The van der Waals surface area contributed by atoms with Gasteiger partial charge in [-0.25, -0.2) is 0 Å². The molecule has 134 valence electrons. The molecule has 2 fully saturated rings. The fourth-order valence-corrected chi connectivity index (χ4v) is 5.68. The lowest BCUT2D eigenvalue weighted by atomic mass is 9.55. The molecule has 3 unspecified atom stereocenters. The van der Waals surface area contributed by atoms with Crippen molar-refractivity contribution in [2.45, 2.75) is 51.4 Å². The third-order valence-electron chi connectivity index (χ3n) is 6.98. The van der Waals surface area contributed by atoms with Crippen LogP contribution in [0, 0.1) is 17.3 Å². The molecule has 25 heavy (non-hydrogen) atoms. The minimum Gasteiger partial charge on any atom is -0.432 e. The van der Waals surface area contributed by atoms with Crippen LogP contribution in [-0.2, 0) is 11.2 Å². The highest BCUT2D eigenvalue weighted by Gasteiger charge is 2.54. The third-order valence-corrected chi connectivity index (χ3v) is 7.43. The normalized spacial score (nSPS) is 33.2. The topological polar surface area (TPSA) is 29.5 Å². The zero-order valence-corrected chi connectivity index (χ0v) is 16.2. The predicted molar refractivity (Wildman–Crippen MR) is 103 cm³/mol. The van der Waals surface area contributed by atoms with Crippen LogP contribution in [0.1, 0.15) is 56.1 Å². The Balaban J connectivity index is 1.59. The molecule has 0 aromatic heterocycles. The van der Waals surface area contributed by atoms with E-state index in [0.29, 0.717) is 28.7 Å². The highest BCUT2D eigenvalue weighted by molar-refractivity contribution is 7.80. The molecule has 0 saturated heterocycles. The van der Waals surface area contributed by atoms with Crippen LogP contribution in [0.25, 0.3) is 0 Å². The summed E-state index contributed by atoms with van der Waals surface area (Å²) in [7, 11) is 3.79. The summed E-state index contributed by atoms with van der Waals surface area (Å²) in [6.07, 6.45) is 6.39. The van der Waals surface area contributed by atoms with Gasteiger partial charge >= 0.3 is 0 Å². The van der Waals surface area contributed by atoms with Gasteiger partial charge in [-0.3, -0.25) is 4.79 Å². The summed E-state index contributed by atoms with van der Waals surface area (Å²) in [5, 5.41) is 0.492. The van der Waals surface area contributed by atoms with Gasteiger partial charge in [0.2, 0.25) is 0 Å². The van der Waals surface area contributed by atoms with Crippen molar-refractivity contribution in [1.82, 2.24) is 4.90 Å². The number of aryl methyl sites for hydroxylation is 1. The molecule has 4 atom stereocenters. The summed E-state index contributed by atoms with van der Waals surface area (Å²) in [4.78, 5) is 14.2. The molecule has 4 rings (SSSR count). The summed E-state index contributed by atoms with van der Waals surface area (Å²) in [5.41, 5.74) is 2.86. The SMILES string of the molecule is CN(C)C(=S)Oc1ccc2c(c1)CCC1C2CC[C@]2(C)C(=O)CCC12. The lowest BCUT2D eigenvalue weighted by Crippen LogP contribution is -2.42. The first kappa shape index (κ1) is 17.0. The Hall–Kier alpha value is -1.42. The highest BCUT2D eigenvalue weighted by atomic mass is 32.1. The minimum absolute atomic E-state index is 0.0420. The second kappa shape index (κ2) is 6.08. The molecule has 0 amide bonds. The van der Waals surface area contributed by atoms with E-state index in [9.17, 15) is 4.79 Å². The Morgan fingerprint density at radius 3 is 2.80 bits per heavy atom. The van der Waals surface area contributed by atoms with Gasteiger partial charge in [-0.2, -0.15) is 0 Å². The van der Waals surface area contributed by atoms with Crippen molar-refractivity contribution in [1.29, 1.82) is 0 Å². The molecular formula is C21H27NO2S. The molecule has 3 aliphatic rings. The number of fused-ring (bicyclic) bond motifs is 5. The number of nitrogens with zero attached hydrogens (tertiary/aromatic N) is 1. The van der Waals surface area contributed by atoms with E-state index < -0.39 is 0 Å². The van der Waals surface area contributed by atoms with Gasteiger partial charge in [-0.15, -0.1) is 0 Å². The maximum atomic E-state index is 12.4. The fourth-order valence-electron chi connectivity index (χ4n) is 5.59. The number of carbonyl (C=O) groups is 1. The molecule has 2 saturated carbocycles. The van der Waals surface area contributed by atoms with Crippen molar-refractivity contribution in [2.75, 3.05) is 14.1 Å². The number of carbonyl (C=O) groups excluding carboxylic acids is 1. The van der Waals surface area contributed by atoms with Gasteiger partial charge in [-0.1, -0.05) is 13.0 Å². The van der Waals surface area contributed by atoms with Gasteiger partial charge in [0.25, 0.3) is 5.17 Å². The number of ketones is 1. The molecule has 0 bridgehead atoms. The van der Waals surface area contributed by atoms with E-state index in [1.54, 1.807) is 0 Å². The van der Waals surface area contributed by atoms with Gasteiger partial charge in [0, 0.05) is 25.9 Å². The van der Waals surface area contributed by atoms with Gasteiger partial charge in [0.15, 0.2) is 0 Å². The Morgan fingerprint density at radius 1 is 1.24 bits per heavy atom. The van der Waals surface area contributed by atoms with Crippen LogP contribution in [-0.4, -0.2) is 30.0 Å². The number of rotatable bonds is 1. The molecular weight excluding hydrogens is 330 g/mol. The quantitative estimate of drug-likeness (QED) is 0.700. The summed E-state index contributed by atoms with van der Waals surface area (Å²) < 4.78 is 5.79. The summed E-state index contributed by atoms with van der Waals surface area (Å²) in [6, 6.07) is 6.48. The molecule has 0 spiro atoms. The van der Waals surface area contributed by atoms with Crippen LogP contribution in [0.2, 0.25) is 0 Å². The number of thiocarbonyl (C=S) groups is 1. The number of hydrogen-bond acceptors (Lipinski definition) is 3. The molecule has 0 N–H and O–H groups in total. The first-order valence-electron chi connectivity index (χ1n) is 9.45. The van der Waals surface area contributed by atoms with Gasteiger partial charge in [0.05, 0.1) is 0 Å². The van der Waals surface area contributed by atoms with Gasteiger partial charge < -0.3 is 9.64 Å². The Labute approximate surface area is 155 Å². The number of ether oxygens (including phenoxy) is 1. The van der Waals surface area contributed by atoms with Gasteiger partial charge in [-0.05, 0) is 85.3 Å². The van der Waals surface area contributed by atoms with Crippen LogP contribution in [0.5, 0.6) is 5.75 Å². The van der Waals surface area contributed by atoms with Crippen LogP contribution in [0.4, 0.5) is 0 Å². The van der Waals surface area contributed by atoms with Crippen molar-refractivity contribution >= 4 is 23.2 Å². The van der Waals surface area contributed by atoms with E-state index in [4.69, 9.17) is 17.0 Å². The van der Waals surface area contributed by atoms with E-state index in [1.807, 2.05) is 19.0 Å². The first-order valence-corrected chi connectivity index (χ1v) is 9.86. The smallest absolute Gasteiger partial charge is 0.264 e. The average Bonchev–Trinajstić information content (AvgIpc) is 2.89. The second-order valence-corrected chi connectivity index (χ2v) is 8.81. The van der Waals surface area contributed by atoms with E-state index >= 15 is 0 Å². The zero-order valence-electron chi connectivity index (χ0n) is 15.4. The Kier molecular flexibility index (Phi) is 4.14. The van der Waals surface area contributed by atoms with E-state index in [2.05, 4.69) is 25.1 Å². The van der Waals surface area contributed by atoms with E-state index in [0.717, 1.165) is 37.9 Å². The zero-order chi connectivity index (χ0) is 17.8. The van der Waals surface area contributed by atoms with Crippen molar-refractivity contribution < 1.29 is 9.53 Å².